The molecule has 0 radical (unpaired) electrons. The summed E-state index contributed by atoms with van der Waals surface area (Å²) in [6.45, 7) is 8.68. The molecular weight excluding hydrogens is 366 g/mol. The highest BCUT2D eigenvalue weighted by Gasteiger charge is 2.27. The zero-order valence-electron chi connectivity index (χ0n) is 15.4. The van der Waals surface area contributed by atoms with Crippen LogP contribution in [0.3, 0.4) is 0 Å². The summed E-state index contributed by atoms with van der Waals surface area (Å²) in [5, 5.41) is 2.41. The van der Waals surface area contributed by atoms with Crippen molar-refractivity contribution in [2.45, 2.75) is 57.6 Å². The summed E-state index contributed by atoms with van der Waals surface area (Å²) in [5.74, 6) is -3.23. The van der Waals surface area contributed by atoms with Gasteiger partial charge in [-0.2, -0.15) is 0 Å². The largest absolute Gasteiger partial charge is 0.444 e. The van der Waals surface area contributed by atoms with E-state index in [4.69, 9.17) is 4.74 Å². The van der Waals surface area contributed by atoms with E-state index in [9.17, 15) is 22.6 Å². The van der Waals surface area contributed by atoms with Crippen LogP contribution in [-0.2, 0) is 20.5 Å². The molecule has 0 spiro atoms. The van der Waals surface area contributed by atoms with Gasteiger partial charge >= 0.3 is 6.09 Å². The number of halogens is 2. The van der Waals surface area contributed by atoms with Crippen LogP contribution in [0.15, 0.2) is 23.1 Å². The van der Waals surface area contributed by atoms with Crippen molar-refractivity contribution in [2.24, 2.45) is 5.92 Å². The predicted octanol–water partition coefficient (Wildman–Crippen LogP) is 3.04. The summed E-state index contributed by atoms with van der Waals surface area (Å²) in [6, 6.07) is 2.13. The minimum atomic E-state index is -2.31. The van der Waals surface area contributed by atoms with Crippen molar-refractivity contribution in [2.75, 3.05) is 0 Å². The van der Waals surface area contributed by atoms with Crippen molar-refractivity contribution >= 4 is 23.0 Å². The maximum absolute atomic E-state index is 13.7. The van der Waals surface area contributed by atoms with E-state index in [1.54, 1.807) is 20.8 Å². The van der Waals surface area contributed by atoms with Gasteiger partial charge in [-0.25, -0.2) is 17.8 Å². The fourth-order valence-electron chi connectivity index (χ4n) is 2.00. The Morgan fingerprint density at radius 2 is 1.85 bits per heavy atom. The molecule has 1 aromatic carbocycles. The average Bonchev–Trinajstić information content (AvgIpc) is 2.46. The van der Waals surface area contributed by atoms with E-state index in [1.807, 2.05) is 13.8 Å². The van der Waals surface area contributed by atoms with Crippen molar-refractivity contribution in [3.63, 3.8) is 0 Å². The fourth-order valence-corrected chi connectivity index (χ4v) is 2.89. The zero-order valence-corrected chi connectivity index (χ0v) is 16.2. The van der Waals surface area contributed by atoms with Gasteiger partial charge < -0.3 is 10.1 Å². The maximum atomic E-state index is 13.7. The molecule has 2 unspecified atom stereocenters. The highest BCUT2D eigenvalue weighted by molar-refractivity contribution is 7.83. The normalized spacial score (nSPS) is 13.8. The van der Waals surface area contributed by atoms with Gasteiger partial charge in [-0.1, -0.05) is 19.9 Å². The second kappa shape index (κ2) is 9.07. The van der Waals surface area contributed by atoms with Crippen LogP contribution >= 0.6 is 0 Å². The van der Waals surface area contributed by atoms with Gasteiger partial charge in [-0.15, -0.1) is 0 Å². The molecule has 1 aromatic rings. The minimum Gasteiger partial charge on any atom is -0.444 e. The molecule has 9 heteroatoms. The SMILES string of the molecule is CC(C)CC(NC(=O)OC(C)(C)C)C(=O)NS(=O)c1cccc(F)c1F. The summed E-state index contributed by atoms with van der Waals surface area (Å²) in [7, 11) is -2.31. The Morgan fingerprint density at radius 1 is 1.23 bits per heavy atom. The molecule has 0 fully saturated rings. The number of nitrogens with one attached hydrogen (secondary N) is 2. The lowest BCUT2D eigenvalue weighted by Gasteiger charge is -2.24. The number of carbonyl (C=O) groups excluding carboxylic acids is 2. The van der Waals surface area contributed by atoms with Gasteiger partial charge in [0.05, 0.1) is 4.90 Å². The summed E-state index contributed by atoms with van der Waals surface area (Å²) in [4.78, 5) is 23.8. The molecule has 0 saturated carbocycles. The Bertz CT molecular complexity index is 690. The molecule has 0 heterocycles. The Kier molecular flexibility index (Phi) is 7.68. The van der Waals surface area contributed by atoms with E-state index in [1.165, 1.54) is 6.07 Å². The number of carbonyl (C=O) groups is 2. The maximum Gasteiger partial charge on any atom is 0.408 e. The number of benzene rings is 1. The molecule has 2 amide bonds. The van der Waals surface area contributed by atoms with Crippen LogP contribution in [-0.4, -0.2) is 27.9 Å². The second-order valence-corrected chi connectivity index (χ2v) is 8.30. The number of amides is 2. The van der Waals surface area contributed by atoms with E-state index in [2.05, 4.69) is 10.0 Å². The van der Waals surface area contributed by atoms with Crippen molar-refractivity contribution in [1.29, 1.82) is 0 Å². The third-order valence-corrected chi connectivity index (χ3v) is 4.13. The van der Waals surface area contributed by atoms with E-state index in [0.717, 1.165) is 12.1 Å². The molecule has 6 nitrogen and oxygen atoms in total. The molecule has 0 bridgehead atoms. The van der Waals surface area contributed by atoms with E-state index in [0.29, 0.717) is 0 Å². The first-order chi connectivity index (χ1) is 11.9. The third-order valence-electron chi connectivity index (χ3n) is 3.02. The average molecular weight is 390 g/mol. The zero-order chi connectivity index (χ0) is 20.1. The summed E-state index contributed by atoms with van der Waals surface area (Å²) in [6.07, 6.45) is -0.561. The standard InChI is InChI=1S/C17H24F2N2O4S/c1-10(2)9-12(20-16(23)25-17(3,4)5)15(22)21-26(24)13-8-6-7-11(18)14(13)19/h6-8,10,12H,9H2,1-5H3,(H,20,23)(H,21,22). The lowest BCUT2D eigenvalue weighted by molar-refractivity contribution is -0.121. The molecule has 2 N–H and O–H groups in total. The molecule has 2 atom stereocenters. The van der Waals surface area contributed by atoms with Crippen LogP contribution in [0.5, 0.6) is 0 Å². The number of hydrogen-bond donors (Lipinski definition) is 2. The van der Waals surface area contributed by atoms with Crippen LogP contribution in [0, 0.1) is 17.6 Å². The molecular formula is C17H24F2N2O4S. The number of ether oxygens (including phenoxy) is 1. The number of alkyl carbamates (subject to hydrolysis) is 1. The first-order valence-corrected chi connectivity index (χ1v) is 9.21. The highest BCUT2D eigenvalue weighted by atomic mass is 32.2. The lowest BCUT2D eigenvalue weighted by Crippen LogP contribution is -2.49. The van der Waals surface area contributed by atoms with Gasteiger partial charge in [-0.3, -0.25) is 9.52 Å². The molecule has 0 aliphatic heterocycles. The molecule has 1 rings (SSSR count). The van der Waals surface area contributed by atoms with Crippen LogP contribution in [0.4, 0.5) is 13.6 Å². The van der Waals surface area contributed by atoms with Gasteiger partial charge in [0.15, 0.2) is 22.6 Å². The Hall–Kier alpha value is -2.03. The van der Waals surface area contributed by atoms with Crippen molar-refractivity contribution in [1.82, 2.24) is 10.0 Å². The van der Waals surface area contributed by atoms with Gasteiger partial charge in [0.25, 0.3) is 5.91 Å². The van der Waals surface area contributed by atoms with Crippen LogP contribution in [0.1, 0.15) is 41.0 Å². The van der Waals surface area contributed by atoms with Crippen LogP contribution in [0.2, 0.25) is 0 Å². The monoisotopic (exact) mass is 390 g/mol. The van der Waals surface area contributed by atoms with Gasteiger partial charge in [0.2, 0.25) is 0 Å². The number of hydrogen-bond acceptors (Lipinski definition) is 4. The Morgan fingerprint density at radius 3 is 2.38 bits per heavy atom. The van der Waals surface area contributed by atoms with Crippen molar-refractivity contribution < 1.29 is 27.3 Å². The van der Waals surface area contributed by atoms with Crippen molar-refractivity contribution in [3.8, 4) is 0 Å². The van der Waals surface area contributed by atoms with Crippen LogP contribution < -0.4 is 10.0 Å². The van der Waals surface area contributed by atoms with Crippen LogP contribution in [0.25, 0.3) is 0 Å². The quantitative estimate of drug-likeness (QED) is 0.782. The molecule has 0 aromatic heterocycles. The fraction of sp³-hybridized carbons (Fsp3) is 0.529. The Balaban J connectivity index is 2.87. The molecule has 146 valence electrons. The summed E-state index contributed by atoms with van der Waals surface area (Å²) in [5.41, 5.74) is -0.754. The van der Waals surface area contributed by atoms with E-state index in [-0.39, 0.29) is 12.3 Å². The molecule has 26 heavy (non-hydrogen) atoms. The van der Waals surface area contributed by atoms with Gasteiger partial charge in [0.1, 0.15) is 11.6 Å². The summed E-state index contributed by atoms with van der Waals surface area (Å²) >= 11 is 0. The third kappa shape index (κ3) is 7.07. The minimum absolute atomic E-state index is 0.0278. The lowest BCUT2D eigenvalue weighted by atomic mass is 10.0. The molecule has 0 aliphatic carbocycles. The number of rotatable bonds is 6. The van der Waals surface area contributed by atoms with Gasteiger partial charge in [0, 0.05) is 0 Å². The van der Waals surface area contributed by atoms with Crippen molar-refractivity contribution in [3.05, 3.63) is 29.8 Å². The second-order valence-electron chi connectivity index (χ2n) is 7.12. The highest BCUT2D eigenvalue weighted by Crippen LogP contribution is 2.15. The van der Waals surface area contributed by atoms with E-state index >= 15 is 0 Å². The van der Waals surface area contributed by atoms with Gasteiger partial charge in [-0.05, 0) is 45.2 Å². The molecule has 0 saturated heterocycles. The Labute approximate surface area is 154 Å². The topological polar surface area (TPSA) is 84.5 Å². The summed E-state index contributed by atoms with van der Waals surface area (Å²) < 4.78 is 46.3. The van der Waals surface area contributed by atoms with E-state index < -0.39 is 51.2 Å². The predicted molar refractivity (Wildman–Crippen MR) is 93.5 cm³/mol. The smallest absolute Gasteiger partial charge is 0.408 e. The molecule has 0 aliphatic rings. The first kappa shape index (κ1) is 22.0. The first-order valence-electron chi connectivity index (χ1n) is 8.06.